The van der Waals surface area contributed by atoms with Crippen molar-refractivity contribution < 1.29 is 14.3 Å². The number of benzene rings is 1. The number of nitrogens with zero attached hydrogens (tertiary/aromatic N) is 2. The molecule has 2 rings (SSSR count). The molecule has 0 atom stereocenters. The van der Waals surface area contributed by atoms with Crippen molar-refractivity contribution in [3.8, 4) is 6.07 Å². The van der Waals surface area contributed by atoms with Gasteiger partial charge in [-0.25, -0.2) is 4.79 Å². The third-order valence-corrected chi connectivity index (χ3v) is 2.94. The molecule has 21 heavy (non-hydrogen) atoms. The Morgan fingerprint density at radius 1 is 1.24 bits per heavy atom. The van der Waals surface area contributed by atoms with E-state index < -0.39 is 0 Å². The van der Waals surface area contributed by atoms with Crippen molar-refractivity contribution in [2.75, 3.05) is 36.9 Å². The number of nitrogens with one attached hydrogen (secondary N) is 2. The number of amides is 3. The summed E-state index contributed by atoms with van der Waals surface area (Å²) in [6, 6.07) is 8.38. The second kappa shape index (κ2) is 7.26. The molecule has 0 saturated carbocycles. The minimum Gasteiger partial charge on any atom is -0.378 e. The Morgan fingerprint density at radius 3 is 2.57 bits per heavy atom. The van der Waals surface area contributed by atoms with E-state index in [1.54, 1.807) is 35.2 Å². The minimum atomic E-state index is -0.380. The summed E-state index contributed by atoms with van der Waals surface area (Å²) in [5.74, 6) is -0.380. The summed E-state index contributed by atoms with van der Waals surface area (Å²) >= 11 is 0. The maximum absolute atomic E-state index is 12.0. The highest BCUT2D eigenvalue weighted by Crippen LogP contribution is 2.16. The van der Waals surface area contributed by atoms with E-state index in [9.17, 15) is 9.59 Å². The lowest BCUT2D eigenvalue weighted by Gasteiger charge is -2.27. The van der Waals surface area contributed by atoms with Gasteiger partial charge in [-0.3, -0.25) is 4.79 Å². The first kappa shape index (κ1) is 14.8. The molecule has 110 valence electrons. The van der Waals surface area contributed by atoms with Gasteiger partial charge in [-0.15, -0.1) is 0 Å². The molecule has 1 saturated heterocycles. The predicted octanol–water partition coefficient (Wildman–Crippen LogP) is 1.40. The lowest BCUT2D eigenvalue weighted by molar-refractivity contribution is -0.115. The first-order valence-corrected chi connectivity index (χ1v) is 6.59. The number of urea groups is 1. The quantitative estimate of drug-likeness (QED) is 0.879. The van der Waals surface area contributed by atoms with E-state index in [-0.39, 0.29) is 18.4 Å². The van der Waals surface area contributed by atoms with Gasteiger partial charge in [0.25, 0.3) is 0 Å². The summed E-state index contributed by atoms with van der Waals surface area (Å²) in [7, 11) is 0. The highest BCUT2D eigenvalue weighted by atomic mass is 16.5. The first-order valence-electron chi connectivity index (χ1n) is 6.59. The number of rotatable bonds is 3. The number of carbonyl (C=O) groups is 2. The maximum atomic E-state index is 12.0. The minimum absolute atomic E-state index is 0.196. The second-order valence-electron chi connectivity index (χ2n) is 4.49. The fraction of sp³-hybridized carbons (Fsp3) is 0.357. The van der Waals surface area contributed by atoms with Crippen LogP contribution < -0.4 is 10.6 Å². The van der Waals surface area contributed by atoms with Gasteiger partial charge in [-0.2, -0.15) is 5.26 Å². The van der Waals surface area contributed by atoms with Crippen molar-refractivity contribution in [1.29, 1.82) is 5.26 Å². The zero-order valence-corrected chi connectivity index (χ0v) is 11.5. The summed E-state index contributed by atoms with van der Waals surface area (Å²) < 4.78 is 5.19. The Labute approximate surface area is 122 Å². The van der Waals surface area contributed by atoms with Gasteiger partial charge in [0, 0.05) is 24.5 Å². The molecular weight excluding hydrogens is 272 g/mol. The highest BCUT2D eigenvalue weighted by molar-refractivity contribution is 5.94. The molecule has 1 aromatic carbocycles. The number of ether oxygens (including phenoxy) is 1. The van der Waals surface area contributed by atoms with Crippen LogP contribution in [0.4, 0.5) is 16.2 Å². The van der Waals surface area contributed by atoms with Crippen molar-refractivity contribution in [3.05, 3.63) is 24.3 Å². The fourth-order valence-electron chi connectivity index (χ4n) is 1.92. The molecule has 0 radical (unpaired) electrons. The van der Waals surface area contributed by atoms with Gasteiger partial charge in [0.1, 0.15) is 6.42 Å². The van der Waals surface area contributed by atoms with Crippen LogP contribution in [0, 0.1) is 11.3 Å². The van der Waals surface area contributed by atoms with Gasteiger partial charge in [-0.1, -0.05) is 6.07 Å². The van der Waals surface area contributed by atoms with Crippen molar-refractivity contribution in [2.45, 2.75) is 6.42 Å². The molecule has 1 heterocycles. The maximum Gasteiger partial charge on any atom is 0.322 e. The van der Waals surface area contributed by atoms with Crippen LogP contribution in [-0.4, -0.2) is 43.1 Å². The van der Waals surface area contributed by atoms with Crippen LogP contribution in [0.5, 0.6) is 0 Å². The van der Waals surface area contributed by atoms with Gasteiger partial charge in [0.05, 0.1) is 19.3 Å². The molecule has 0 bridgehead atoms. The Balaban J connectivity index is 1.95. The summed E-state index contributed by atoms with van der Waals surface area (Å²) in [5.41, 5.74) is 1.12. The largest absolute Gasteiger partial charge is 0.378 e. The van der Waals surface area contributed by atoms with Crippen LogP contribution in [0.25, 0.3) is 0 Å². The van der Waals surface area contributed by atoms with Crippen LogP contribution in [0.15, 0.2) is 24.3 Å². The van der Waals surface area contributed by atoms with Gasteiger partial charge in [0.2, 0.25) is 5.91 Å². The summed E-state index contributed by atoms with van der Waals surface area (Å²) in [5, 5.41) is 13.8. The summed E-state index contributed by atoms with van der Waals surface area (Å²) in [6.07, 6.45) is -0.204. The molecule has 0 unspecified atom stereocenters. The van der Waals surface area contributed by atoms with Crippen molar-refractivity contribution in [2.24, 2.45) is 0 Å². The average molecular weight is 288 g/mol. The summed E-state index contributed by atoms with van der Waals surface area (Å²) in [4.78, 5) is 25.1. The molecule has 1 aliphatic heterocycles. The third kappa shape index (κ3) is 4.47. The Morgan fingerprint density at radius 2 is 1.90 bits per heavy atom. The van der Waals surface area contributed by atoms with E-state index in [2.05, 4.69) is 10.6 Å². The number of hydrogen-bond acceptors (Lipinski definition) is 4. The van der Waals surface area contributed by atoms with Gasteiger partial charge in [-0.05, 0) is 18.2 Å². The van der Waals surface area contributed by atoms with Gasteiger partial charge < -0.3 is 20.3 Å². The molecule has 0 aliphatic carbocycles. The molecular formula is C14H16N4O3. The van der Waals surface area contributed by atoms with Crippen molar-refractivity contribution >= 4 is 23.3 Å². The highest BCUT2D eigenvalue weighted by Gasteiger charge is 2.16. The first-order chi connectivity index (χ1) is 10.2. The number of anilines is 2. The average Bonchev–Trinajstić information content (AvgIpc) is 2.48. The van der Waals surface area contributed by atoms with E-state index in [0.717, 1.165) is 0 Å². The standard InChI is InChI=1S/C14H16N4O3/c15-5-4-13(19)16-11-2-1-3-12(10-11)17-14(20)18-6-8-21-9-7-18/h1-3,10H,4,6-9H2,(H,16,19)(H,17,20). The van der Waals surface area contributed by atoms with Gasteiger partial charge >= 0.3 is 6.03 Å². The number of hydrogen-bond donors (Lipinski definition) is 2. The molecule has 1 aliphatic rings. The van der Waals surface area contributed by atoms with E-state index >= 15 is 0 Å². The Kier molecular flexibility index (Phi) is 5.12. The van der Waals surface area contributed by atoms with Crippen molar-refractivity contribution in [3.63, 3.8) is 0 Å². The van der Waals surface area contributed by atoms with Gasteiger partial charge in [0.15, 0.2) is 0 Å². The topological polar surface area (TPSA) is 94.5 Å². The van der Waals surface area contributed by atoms with Crippen LogP contribution >= 0.6 is 0 Å². The fourth-order valence-corrected chi connectivity index (χ4v) is 1.92. The van der Waals surface area contributed by atoms with E-state index in [0.29, 0.717) is 37.7 Å². The van der Waals surface area contributed by atoms with Crippen molar-refractivity contribution in [1.82, 2.24) is 4.90 Å². The number of morpholine rings is 1. The number of nitriles is 1. The number of carbonyl (C=O) groups excluding carboxylic acids is 2. The molecule has 1 aromatic rings. The lowest BCUT2D eigenvalue weighted by atomic mass is 10.2. The third-order valence-electron chi connectivity index (χ3n) is 2.94. The molecule has 7 nitrogen and oxygen atoms in total. The monoisotopic (exact) mass is 288 g/mol. The van der Waals surface area contributed by atoms with E-state index in [1.165, 1.54) is 0 Å². The zero-order valence-electron chi connectivity index (χ0n) is 11.5. The molecule has 1 fully saturated rings. The lowest BCUT2D eigenvalue weighted by Crippen LogP contribution is -2.43. The van der Waals surface area contributed by atoms with Crippen LogP contribution in [0.1, 0.15) is 6.42 Å². The molecule has 0 spiro atoms. The van der Waals surface area contributed by atoms with E-state index in [4.69, 9.17) is 10.00 Å². The van der Waals surface area contributed by atoms with Crippen LogP contribution in [0.2, 0.25) is 0 Å². The van der Waals surface area contributed by atoms with Crippen LogP contribution in [0.3, 0.4) is 0 Å². The molecule has 0 aromatic heterocycles. The second-order valence-corrected chi connectivity index (χ2v) is 4.49. The molecule has 7 heteroatoms. The predicted molar refractivity (Wildman–Crippen MR) is 76.7 cm³/mol. The molecule has 3 amide bonds. The van der Waals surface area contributed by atoms with E-state index in [1.807, 2.05) is 0 Å². The SMILES string of the molecule is N#CCC(=O)Nc1cccc(NC(=O)N2CCOCC2)c1. The molecule has 2 N–H and O–H groups in total. The van der Waals surface area contributed by atoms with Crippen LogP contribution in [-0.2, 0) is 9.53 Å². The normalized spacial score (nSPS) is 14.1. The Bertz CT molecular complexity index is 562. The summed E-state index contributed by atoms with van der Waals surface area (Å²) in [6.45, 7) is 2.20. The Hall–Kier alpha value is -2.59. The smallest absolute Gasteiger partial charge is 0.322 e. The zero-order chi connectivity index (χ0) is 15.1.